The van der Waals surface area contributed by atoms with E-state index in [9.17, 15) is 13.2 Å². The molecule has 3 nitrogen and oxygen atoms in total. The number of aromatic nitrogens is 2. The maximum Gasteiger partial charge on any atom is 0.458 e. The monoisotopic (exact) mass is 296 g/mol. The summed E-state index contributed by atoms with van der Waals surface area (Å²) >= 11 is 0. The molecule has 0 bridgehead atoms. The Morgan fingerprint density at radius 3 is 2.38 bits per heavy atom. The SMILES string of the molecule is CC.COc1ccc2c(C)nc(C#CC(F)(F)F)nc2c1. The molecule has 0 aliphatic heterocycles. The van der Waals surface area contributed by atoms with Gasteiger partial charge in [-0.1, -0.05) is 13.8 Å². The van der Waals surface area contributed by atoms with Crippen molar-refractivity contribution in [2.75, 3.05) is 7.11 Å². The van der Waals surface area contributed by atoms with E-state index in [2.05, 4.69) is 9.97 Å². The van der Waals surface area contributed by atoms with Crippen LogP contribution in [0.2, 0.25) is 0 Å². The van der Waals surface area contributed by atoms with Crippen LogP contribution in [0, 0.1) is 18.8 Å². The van der Waals surface area contributed by atoms with Crippen molar-refractivity contribution in [2.24, 2.45) is 0 Å². The van der Waals surface area contributed by atoms with Gasteiger partial charge in [0.25, 0.3) is 0 Å². The maximum absolute atomic E-state index is 12.0. The molecule has 6 heteroatoms. The Morgan fingerprint density at radius 2 is 1.81 bits per heavy atom. The molecule has 0 radical (unpaired) electrons. The number of halogens is 3. The molecule has 0 amide bonds. The van der Waals surface area contributed by atoms with Gasteiger partial charge in [-0.05, 0) is 25.0 Å². The fraction of sp³-hybridized carbons (Fsp3) is 0.333. The minimum atomic E-state index is -4.55. The number of methoxy groups -OCH3 is 1. The van der Waals surface area contributed by atoms with Crippen molar-refractivity contribution < 1.29 is 17.9 Å². The fourth-order valence-electron chi connectivity index (χ4n) is 1.58. The Morgan fingerprint density at radius 1 is 1.14 bits per heavy atom. The van der Waals surface area contributed by atoms with E-state index in [0.29, 0.717) is 17.0 Å². The third kappa shape index (κ3) is 4.63. The molecule has 1 aromatic carbocycles. The van der Waals surface area contributed by atoms with E-state index in [1.54, 1.807) is 25.1 Å². The highest BCUT2D eigenvalue weighted by atomic mass is 19.4. The molecule has 0 aliphatic rings. The lowest BCUT2D eigenvalue weighted by Gasteiger charge is -2.04. The molecule has 1 heterocycles. The predicted molar refractivity (Wildman–Crippen MR) is 75.1 cm³/mol. The van der Waals surface area contributed by atoms with Crippen molar-refractivity contribution in [1.82, 2.24) is 9.97 Å². The van der Waals surface area contributed by atoms with Crippen molar-refractivity contribution in [3.63, 3.8) is 0 Å². The van der Waals surface area contributed by atoms with Gasteiger partial charge in [0.2, 0.25) is 5.82 Å². The van der Waals surface area contributed by atoms with Crippen LogP contribution in [0.3, 0.4) is 0 Å². The molecule has 21 heavy (non-hydrogen) atoms. The average Bonchev–Trinajstić information content (AvgIpc) is 2.46. The van der Waals surface area contributed by atoms with Gasteiger partial charge in [-0.25, -0.2) is 9.97 Å². The number of fused-ring (bicyclic) bond motifs is 1. The van der Waals surface area contributed by atoms with Gasteiger partial charge in [0, 0.05) is 23.1 Å². The number of alkyl halides is 3. The molecule has 2 aromatic rings. The van der Waals surface area contributed by atoms with Crippen LogP contribution in [-0.4, -0.2) is 23.3 Å². The molecule has 0 saturated heterocycles. The molecule has 2 rings (SSSR count). The molecule has 1 aromatic heterocycles. The summed E-state index contributed by atoms with van der Waals surface area (Å²) < 4.78 is 41.1. The average molecular weight is 296 g/mol. The normalized spacial score (nSPS) is 10.2. The van der Waals surface area contributed by atoms with Gasteiger partial charge in [-0.3, -0.25) is 0 Å². The molecule has 0 spiro atoms. The second-order valence-corrected chi connectivity index (χ2v) is 3.76. The summed E-state index contributed by atoms with van der Waals surface area (Å²) in [6.07, 6.45) is -4.55. The molecular weight excluding hydrogens is 281 g/mol. The van der Waals surface area contributed by atoms with Crippen molar-refractivity contribution in [3.8, 4) is 17.6 Å². The number of hydrogen-bond acceptors (Lipinski definition) is 3. The van der Waals surface area contributed by atoms with Crippen molar-refractivity contribution in [1.29, 1.82) is 0 Å². The van der Waals surface area contributed by atoms with Crippen LogP contribution in [0.25, 0.3) is 10.9 Å². The molecule has 0 fully saturated rings. The molecular formula is C15H15F3N2O. The third-order valence-electron chi connectivity index (χ3n) is 2.41. The minimum absolute atomic E-state index is 0.157. The Labute approximate surface area is 121 Å². The van der Waals surface area contributed by atoms with E-state index in [0.717, 1.165) is 11.3 Å². The third-order valence-corrected chi connectivity index (χ3v) is 2.41. The Kier molecular flexibility index (Phi) is 5.53. The molecule has 0 aliphatic carbocycles. The topological polar surface area (TPSA) is 35.0 Å². The van der Waals surface area contributed by atoms with Gasteiger partial charge < -0.3 is 4.74 Å². The number of benzene rings is 1. The predicted octanol–water partition coefficient (Wildman–Crippen LogP) is 3.89. The van der Waals surface area contributed by atoms with Gasteiger partial charge in [0.1, 0.15) is 5.75 Å². The van der Waals surface area contributed by atoms with Gasteiger partial charge >= 0.3 is 6.18 Å². The summed E-state index contributed by atoms with van der Waals surface area (Å²) in [5.74, 6) is 3.48. The first kappa shape index (κ1) is 16.8. The van der Waals surface area contributed by atoms with Gasteiger partial charge in [0.15, 0.2) is 0 Å². The molecule has 0 unspecified atom stereocenters. The maximum atomic E-state index is 12.0. The van der Waals surface area contributed by atoms with Gasteiger partial charge in [-0.15, -0.1) is 0 Å². The second-order valence-electron chi connectivity index (χ2n) is 3.76. The van der Waals surface area contributed by atoms with E-state index < -0.39 is 6.18 Å². The lowest BCUT2D eigenvalue weighted by atomic mass is 10.2. The molecule has 0 atom stereocenters. The summed E-state index contributed by atoms with van der Waals surface area (Å²) in [5.41, 5.74) is 1.07. The Balaban J connectivity index is 0.00000106. The standard InChI is InChI=1S/C13H9F3N2O.C2H6/c1-8-10-4-3-9(19-2)7-11(10)18-12(17-8)5-6-13(14,15)16;1-2/h3-4,7H,1-2H3;1-2H3. The highest BCUT2D eigenvalue weighted by molar-refractivity contribution is 5.82. The van der Waals surface area contributed by atoms with Gasteiger partial charge in [0.05, 0.1) is 12.6 Å². The van der Waals surface area contributed by atoms with Crippen LogP contribution < -0.4 is 4.74 Å². The molecule has 112 valence electrons. The largest absolute Gasteiger partial charge is 0.497 e. The van der Waals surface area contributed by atoms with E-state index in [1.807, 2.05) is 19.8 Å². The minimum Gasteiger partial charge on any atom is -0.497 e. The van der Waals surface area contributed by atoms with Crippen LogP contribution in [0.1, 0.15) is 25.4 Å². The van der Waals surface area contributed by atoms with Crippen molar-refractivity contribution in [2.45, 2.75) is 26.9 Å². The van der Waals surface area contributed by atoms with Crippen molar-refractivity contribution in [3.05, 3.63) is 29.7 Å². The zero-order chi connectivity index (χ0) is 16.0. The van der Waals surface area contributed by atoms with E-state index in [1.165, 1.54) is 7.11 Å². The first-order valence-corrected chi connectivity index (χ1v) is 6.31. The van der Waals surface area contributed by atoms with Crippen molar-refractivity contribution >= 4 is 10.9 Å². The summed E-state index contributed by atoms with van der Waals surface area (Å²) in [7, 11) is 1.50. The van der Waals surface area contributed by atoms with E-state index >= 15 is 0 Å². The zero-order valence-electron chi connectivity index (χ0n) is 12.2. The lowest BCUT2D eigenvalue weighted by Crippen LogP contribution is -2.03. The molecule has 0 saturated carbocycles. The Hall–Kier alpha value is -2.29. The summed E-state index contributed by atoms with van der Waals surface area (Å²) in [6.45, 7) is 5.69. The number of aryl methyl sites for hydroxylation is 1. The summed E-state index contributed by atoms with van der Waals surface area (Å²) in [5, 5.41) is 0.748. The number of hydrogen-bond donors (Lipinski definition) is 0. The highest BCUT2D eigenvalue weighted by Gasteiger charge is 2.23. The zero-order valence-corrected chi connectivity index (χ0v) is 12.2. The van der Waals surface area contributed by atoms with Crippen LogP contribution in [0.4, 0.5) is 13.2 Å². The van der Waals surface area contributed by atoms with E-state index in [4.69, 9.17) is 4.74 Å². The first-order valence-electron chi connectivity index (χ1n) is 6.31. The summed E-state index contributed by atoms with van der Waals surface area (Å²) in [6, 6.07) is 5.12. The fourth-order valence-corrected chi connectivity index (χ4v) is 1.58. The quantitative estimate of drug-likeness (QED) is 0.749. The van der Waals surface area contributed by atoms with Crippen LogP contribution in [0.15, 0.2) is 18.2 Å². The van der Waals surface area contributed by atoms with E-state index in [-0.39, 0.29) is 5.82 Å². The number of ether oxygens (including phenoxy) is 1. The van der Waals surface area contributed by atoms with Crippen LogP contribution in [0.5, 0.6) is 5.75 Å². The molecule has 0 N–H and O–H groups in total. The number of rotatable bonds is 1. The Bertz CT molecular complexity index is 685. The van der Waals surface area contributed by atoms with Crippen LogP contribution in [-0.2, 0) is 0 Å². The lowest BCUT2D eigenvalue weighted by molar-refractivity contribution is -0.0696. The number of nitrogens with zero attached hydrogens (tertiary/aromatic N) is 2. The highest BCUT2D eigenvalue weighted by Crippen LogP contribution is 2.21. The van der Waals surface area contributed by atoms with Crippen LogP contribution >= 0.6 is 0 Å². The summed E-state index contributed by atoms with van der Waals surface area (Å²) in [4.78, 5) is 7.92. The smallest absolute Gasteiger partial charge is 0.458 e. The van der Waals surface area contributed by atoms with Gasteiger partial charge in [-0.2, -0.15) is 13.2 Å². The second kappa shape index (κ2) is 6.93. The first-order chi connectivity index (χ1) is 9.89.